The topological polar surface area (TPSA) is 20.3 Å². The number of aryl methyl sites for hydroxylation is 1. The van der Waals surface area contributed by atoms with E-state index in [1.165, 1.54) is 31.7 Å². The second-order valence-electron chi connectivity index (χ2n) is 6.45. The molecule has 3 heteroatoms. The maximum Gasteiger partial charge on any atom is 0.164 e. The standard InChI is InChI=1S/C18H26FNO/c1-13-8-9-15(12-16(13)19)18(21)10-11-20(3)17-7-5-4-6-14(17)2/h8-9,12,14,17H,4-7,10-11H2,1-3H3. The Bertz CT molecular complexity index is 500. The predicted octanol–water partition coefficient (Wildman–Crippen LogP) is 4.22. The zero-order valence-electron chi connectivity index (χ0n) is 13.4. The Hall–Kier alpha value is -1.22. The first-order chi connectivity index (χ1) is 9.99. The van der Waals surface area contributed by atoms with Crippen LogP contribution in [-0.2, 0) is 0 Å². The Balaban J connectivity index is 1.89. The molecule has 0 heterocycles. The van der Waals surface area contributed by atoms with Crippen molar-refractivity contribution in [2.24, 2.45) is 5.92 Å². The summed E-state index contributed by atoms with van der Waals surface area (Å²) in [5, 5.41) is 0. The van der Waals surface area contributed by atoms with Crippen LogP contribution in [0.5, 0.6) is 0 Å². The van der Waals surface area contributed by atoms with E-state index in [0.29, 0.717) is 29.5 Å². The molecule has 116 valence electrons. The molecule has 0 amide bonds. The molecule has 1 saturated carbocycles. The lowest BCUT2D eigenvalue weighted by atomic mass is 9.85. The number of rotatable bonds is 5. The van der Waals surface area contributed by atoms with Crippen LogP contribution in [0.3, 0.4) is 0 Å². The van der Waals surface area contributed by atoms with Gasteiger partial charge in [-0.25, -0.2) is 4.39 Å². The predicted molar refractivity (Wildman–Crippen MR) is 84.1 cm³/mol. The molecular formula is C18H26FNO. The number of hydrogen-bond acceptors (Lipinski definition) is 2. The summed E-state index contributed by atoms with van der Waals surface area (Å²) >= 11 is 0. The SMILES string of the molecule is Cc1ccc(C(=O)CCN(C)C2CCCCC2C)cc1F. The van der Waals surface area contributed by atoms with E-state index in [1.807, 2.05) is 0 Å². The zero-order valence-corrected chi connectivity index (χ0v) is 13.4. The smallest absolute Gasteiger partial charge is 0.164 e. The first kappa shape index (κ1) is 16.2. The lowest BCUT2D eigenvalue weighted by Crippen LogP contribution is -2.39. The first-order valence-electron chi connectivity index (χ1n) is 7.98. The van der Waals surface area contributed by atoms with E-state index >= 15 is 0 Å². The zero-order chi connectivity index (χ0) is 15.4. The highest BCUT2D eigenvalue weighted by Gasteiger charge is 2.25. The second kappa shape index (κ2) is 7.17. The van der Waals surface area contributed by atoms with Crippen molar-refractivity contribution in [3.05, 3.63) is 35.1 Å². The molecule has 21 heavy (non-hydrogen) atoms. The van der Waals surface area contributed by atoms with Crippen LogP contribution < -0.4 is 0 Å². The van der Waals surface area contributed by atoms with Gasteiger partial charge in [0.1, 0.15) is 5.82 Å². The third kappa shape index (κ3) is 4.13. The van der Waals surface area contributed by atoms with Crippen molar-refractivity contribution in [1.82, 2.24) is 4.90 Å². The van der Waals surface area contributed by atoms with Crippen LogP contribution in [-0.4, -0.2) is 30.3 Å². The molecule has 0 bridgehead atoms. The first-order valence-corrected chi connectivity index (χ1v) is 7.98. The van der Waals surface area contributed by atoms with Gasteiger partial charge in [-0.15, -0.1) is 0 Å². The minimum Gasteiger partial charge on any atom is -0.303 e. The van der Waals surface area contributed by atoms with E-state index in [9.17, 15) is 9.18 Å². The van der Waals surface area contributed by atoms with Gasteiger partial charge in [0.25, 0.3) is 0 Å². The van der Waals surface area contributed by atoms with E-state index in [4.69, 9.17) is 0 Å². The van der Waals surface area contributed by atoms with Crippen LogP contribution in [0.15, 0.2) is 18.2 Å². The minimum atomic E-state index is -0.296. The third-order valence-corrected chi connectivity index (χ3v) is 4.82. The maximum atomic E-state index is 13.5. The number of ketones is 1. The molecule has 0 saturated heterocycles. The van der Waals surface area contributed by atoms with Gasteiger partial charge >= 0.3 is 0 Å². The van der Waals surface area contributed by atoms with Crippen molar-refractivity contribution in [1.29, 1.82) is 0 Å². The Morgan fingerprint density at radius 2 is 2.05 bits per heavy atom. The van der Waals surface area contributed by atoms with Gasteiger partial charge in [-0.2, -0.15) is 0 Å². The fraction of sp³-hybridized carbons (Fsp3) is 0.611. The molecule has 1 fully saturated rings. The van der Waals surface area contributed by atoms with Gasteiger partial charge in [0.15, 0.2) is 5.78 Å². The maximum absolute atomic E-state index is 13.5. The summed E-state index contributed by atoms with van der Waals surface area (Å²) in [5.74, 6) is 0.440. The summed E-state index contributed by atoms with van der Waals surface area (Å²) < 4.78 is 13.5. The Morgan fingerprint density at radius 3 is 2.71 bits per heavy atom. The summed E-state index contributed by atoms with van der Waals surface area (Å²) in [6.45, 7) is 4.77. The van der Waals surface area contributed by atoms with Crippen molar-refractivity contribution in [2.75, 3.05) is 13.6 Å². The molecule has 1 aromatic carbocycles. The van der Waals surface area contributed by atoms with Gasteiger partial charge in [0, 0.05) is 24.6 Å². The minimum absolute atomic E-state index is 0.0317. The molecule has 2 atom stereocenters. The Labute approximate surface area is 127 Å². The van der Waals surface area contributed by atoms with Gasteiger partial charge in [0.2, 0.25) is 0 Å². The second-order valence-corrected chi connectivity index (χ2v) is 6.45. The van der Waals surface area contributed by atoms with Crippen molar-refractivity contribution in [2.45, 2.75) is 52.0 Å². The molecule has 1 aliphatic rings. The van der Waals surface area contributed by atoms with E-state index in [0.717, 1.165) is 6.54 Å². The van der Waals surface area contributed by atoms with Crippen LogP contribution >= 0.6 is 0 Å². The molecule has 2 rings (SSSR count). The third-order valence-electron chi connectivity index (χ3n) is 4.82. The number of nitrogens with zero attached hydrogens (tertiary/aromatic N) is 1. The fourth-order valence-electron chi connectivity index (χ4n) is 3.31. The highest BCUT2D eigenvalue weighted by Crippen LogP contribution is 2.27. The van der Waals surface area contributed by atoms with Crippen LogP contribution in [0.2, 0.25) is 0 Å². The lowest BCUT2D eigenvalue weighted by molar-refractivity contribution is 0.0927. The molecule has 0 N–H and O–H groups in total. The van der Waals surface area contributed by atoms with E-state index in [-0.39, 0.29) is 11.6 Å². The summed E-state index contributed by atoms with van der Waals surface area (Å²) in [7, 11) is 2.11. The van der Waals surface area contributed by atoms with E-state index in [2.05, 4.69) is 18.9 Å². The number of Topliss-reactive ketones (excluding diaryl/α,β-unsaturated/α-hetero) is 1. The van der Waals surface area contributed by atoms with Gasteiger partial charge in [-0.1, -0.05) is 31.9 Å². The molecule has 1 aromatic rings. The molecule has 1 aliphatic carbocycles. The quantitative estimate of drug-likeness (QED) is 0.757. The van der Waals surface area contributed by atoms with Gasteiger partial charge in [-0.3, -0.25) is 4.79 Å². The summed E-state index contributed by atoms with van der Waals surface area (Å²) in [5.41, 5.74) is 1.07. The summed E-state index contributed by atoms with van der Waals surface area (Å²) in [6.07, 6.45) is 5.59. The summed E-state index contributed by atoms with van der Waals surface area (Å²) in [6, 6.07) is 5.35. The molecule has 0 spiro atoms. The van der Waals surface area contributed by atoms with Gasteiger partial charge < -0.3 is 4.90 Å². The molecule has 2 unspecified atom stereocenters. The Morgan fingerprint density at radius 1 is 1.33 bits per heavy atom. The number of halogens is 1. The highest BCUT2D eigenvalue weighted by molar-refractivity contribution is 5.96. The number of hydrogen-bond donors (Lipinski definition) is 0. The van der Waals surface area contributed by atoms with Crippen molar-refractivity contribution < 1.29 is 9.18 Å². The monoisotopic (exact) mass is 291 g/mol. The summed E-state index contributed by atoms with van der Waals surface area (Å²) in [4.78, 5) is 14.5. The van der Waals surface area contributed by atoms with Gasteiger partial charge in [0.05, 0.1) is 0 Å². The number of carbonyl (C=O) groups is 1. The largest absolute Gasteiger partial charge is 0.303 e. The van der Waals surface area contributed by atoms with Gasteiger partial charge in [-0.05, 0) is 44.4 Å². The number of benzene rings is 1. The van der Waals surface area contributed by atoms with Crippen LogP contribution in [0, 0.1) is 18.7 Å². The average Bonchev–Trinajstić information content (AvgIpc) is 2.47. The van der Waals surface area contributed by atoms with E-state index < -0.39 is 0 Å². The van der Waals surface area contributed by atoms with Crippen molar-refractivity contribution in [3.63, 3.8) is 0 Å². The average molecular weight is 291 g/mol. The van der Waals surface area contributed by atoms with Crippen LogP contribution in [0.4, 0.5) is 4.39 Å². The lowest BCUT2D eigenvalue weighted by Gasteiger charge is -2.36. The normalized spacial score (nSPS) is 22.5. The Kier molecular flexibility index (Phi) is 5.51. The fourth-order valence-corrected chi connectivity index (χ4v) is 3.31. The molecule has 0 aromatic heterocycles. The van der Waals surface area contributed by atoms with E-state index in [1.54, 1.807) is 19.1 Å². The van der Waals surface area contributed by atoms with Crippen LogP contribution in [0.1, 0.15) is 54.9 Å². The van der Waals surface area contributed by atoms with Crippen molar-refractivity contribution >= 4 is 5.78 Å². The van der Waals surface area contributed by atoms with Crippen LogP contribution in [0.25, 0.3) is 0 Å². The number of carbonyl (C=O) groups excluding carboxylic acids is 1. The molecule has 2 nitrogen and oxygen atoms in total. The molecular weight excluding hydrogens is 265 g/mol. The van der Waals surface area contributed by atoms with Crippen molar-refractivity contribution in [3.8, 4) is 0 Å². The highest BCUT2D eigenvalue weighted by atomic mass is 19.1. The molecule has 0 aliphatic heterocycles. The molecule has 0 radical (unpaired) electrons.